The van der Waals surface area contributed by atoms with E-state index in [1.54, 1.807) is 0 Å². The molecule has 9 heavy (non-hydrogen) atoms. The molecule has 9 heteroatoms. The molecule has 62 valence electrons. The third-order valence-corrected chi connectivity index (χ3v) is 0. The Morgan fingerprint density at radius 2 is 0.556 bits per heavy atom. The van der Waals surface area contributed by atoms with E-state index >= 15 is 0 Å². The van der Waals surface area contributed by atoms with Gasteiger partial charge in [-0.3, -0.25) is 0 Å². The minimum atomic E-state index is 0. The smallest absolute Gasteiger partial charge is 2.00 e. The van der Waals surface area contributed by atoms with Crippen LogP contribution in [0.15, 0.2) is 0 Å². The maximum Gasteiger partial charge on any atom is 4.00 e. The second-order valence-electron chi connectivity index (χ2n) is 0. The molecule has 0 saturated heterocycles. The Balaban J connectivity index is 0. The van der Waals surface area contributed by atoms with Gasteiger partial charge in [0.05, 0.1) is 0 Å². The standard InChI is InChI=1S/Cu.Mn.Ni.5O.Ti/q3*+2;5*-2;+4. The summed E-state index contributed by atoms with van der Waals surface area (Å²) in [5.41, 5.74) is 0. The summed E-state index contributed by atoms with van der Waals surface area (Å²) in [7, 11) is 0. The van der Waals surface area contributed by atoms with Crippen LogP contribution in [0.1, 0.15) is 0 Å². The molecule has 0 bridgehead atoms. The van der Waals surface area contributed by atoms with Crippen LogP contribution in [0.2, 0.25) is 0 Å². The zero-order chi connectivity index (χ0) is 0. The van der Waals surface area contributed by atoms with Crippen molar-refractivity contribution in [3.63, 3.8) is 0 Å². The Hall–Kier alpha value is 2.05. The van der Waals surface area contributed by atoms with E-state index in [4.69, 9.17) is 0 Å². The molecule has 0 amide bonds. The van der Waals surface area contributed by atoms with Crippen molar-refractivity contribution in [3.05, 3.63) is 0 Å². The Morgan fingerprint density at radius 1 is 0.556 bits per heavy atom. The van der Waals surface area contributed by atoms with Gasteiger partial charge in [0, 0.05) is 0 Å². The molecule has 0 N–H and O–H groups in total. The number of hydrogen-bond acceptors (Lipinski definition) is 0. The van der Waals surface area contributed by atoms with Gasteiger partial charge in [0.25, 0.3) is 0 Å². The summed E-state index contributed by atoms with van der Waals surface area (Å²) in [6.07, 6.45) is 0. The zero-order valence-corrected chi connectivity index (χ0v) is 8.21. The van der Waals surface area contributed by atoms with Crippen LogP contribution in [0.5, 0.6) is 0 Å². The van der Waals surface area contributed by atoms with E-state index in [9.17, 15) is 0 Å². The fourth-order valence-corrected chi connectivity index (χ4v) is 0. The maximum absolute atomic E-state index is 0. The summed E-state index contributed by atoms with van der Waals surface area (Å²) in [4.78, 5) is 0. The van der Waals surface area contributed by atoms with Crippen LogP contribution < -0.4 is 0 Å². The normalized spacial score (nSPS) is 0. The molecule has 0 aliphatic carbocycles. The summed E-state index contributed by atoms with van der Waals surface area (Å²) in [5, 5.41) is 0. The first-order valence-corrected chi connectivity index (χ1v) is 0. The van der Waals surface area contributed by atoms with Gasteiger partial charge in [0.15, 0.2) is 0 Å². The van der Waals surface area contributed by atoms with Crippen molar-refractivity contribution in [3.8, 4) is 0 Å². The third-order valence-electron chi connectivity index (χ3n) is 0. The van der Waals surface area contributed by atoms with Gasteiger partial charge in [-0.1, -0.05) is 0 Å². The maximum atomic E-state index is 0. The first kappa shape index (κ1) is 266. The minimum Gasteiger partial charge on any atom is -2.00 e. The van der Waals surface area contributed by atoms with Gasteiger partial charge >= 0.3 is 72.3 Å². The van der Waals surface area contributed by atoms with E-state index in [1.807, 2.05) is 0 Å². The molecule has 0 atom stereocenters. The van der Waals surface area contributed by atoms with Crippen molar-refractivity contribution < 1.29 is 99.7 Å². The minimum absolute atomic E-state index is 0. The SMILES string of the molecule is [Cu+2].[Mn+2].[Ni+2].[O-2].[O-2].[O-2].[O-2].[O-2].[Ti+4]. The molecule has 0 aliphatic heterocycles. The summed E-state index contributed by atoms with van der Waals surface area (Å²) in [5.74, 6) is 0. The Bertz CT molecular complexity index is 16.9. The molecule has 0 rings (SSSR count). The quantitative estimate of drug-likeness (QED) is 0.526. The van der Waals surface area contributed by atoms with Gasteiger partial charge < -0.3 is 27.4 Å². The molecule has 0 heterocycles. The second-order valence-corrected chi connectivity index (χ2v) is 0. The molecule has 0 fully saturated rings. The molecule has 0 spiro atoms. The van der Waals surface area contributed by atoms with Gasteiger partial charge in [-0.05, 0) is 0 Å². The van der Waals surface area contributed by atoms with Crippen LogP contribution in [0.25, 0.3) is 0 Å². The van der Waals surface area contributed by atoms with Crippen molar-refractivity contribution in [1.82, 2.24) is 0 Å². The van der Waals surface area contributed by atoms with Gasteiger partial charge in [-0.15, -0.1) is 0 Å². The topological polar surface area (TPSA) is 142 Å². The van der Waals surface area contributed by atoms with E-state index in [2.05, 4.69) is 0 Å². The number of rotatable bonds is 0. The van der Waals surface area contributed by atoms with Gasteiger partial charge in [0.1, 0.15) is 0 Å². The average molecular weight is 305 g/mol. The van der Waals surface area contributed by atoms with E-state index in [0.717, 1.165) is 0 Å². The van der Waals surface area contributed by atoms with Crippen molar-refractivity contribution in [2.45, 2.75) is 0 Å². The summed E-state index contributed by atoms with van der Waals surface area (Å²) < 4.78 is 0. The predicted octanol–water partition coefficient (Wildman–Crippen LogP) is -0.604. The fraction of sp³-hybridized carbons (Fsp3) is 0. The Kier molecular flexibility index (Phi) is 5800. The summed E-state index contributed by atoms with van der Waals surface area (Å²) in [6, 6.07) is 0. The summed E-state index contributed by atoms with van der Waals surface area (Å²) in [6.45, 7) is 0. The van der Waals surface area contributed by atoms with Crippen LogP contribution in [0.4, 0.5) is 0 Å². The van der Waals surface area contributed by atoms with Gasteiger partial charge in [-0.2, -0.15) is 0 Å². The molecular formula is CuMnNiO5Ti. The Labute approximate surface area is 99.0 Å². The molecule has 0 aromatic carbocycles. The molecule has 0 aromatic rings. The van der Waals surface area contributed by atoms with Crippen LogP contribution >= 0.6 is 0 Å². The first-order valence-electron chi connectivity index (χ1n) is 0. The fourth-order valence-electron chi connectivity index (χ4n) is 0. The summed E-state index contributed by atoms with van der Waals surface area (Å²) >= 11 is 0. The van der Waals surface area contributed by atoms with E-state index < -0.39 is 0 Å². The molecule has 0 saturated carbocycles. The second kappa shape index (κ2) is 196. The Morgan fingerprint density at radius 3 is 0.556 bits per heavy atom. The van der Waals surface area contributed by atoms with Crippen LogP contribution in [0.3, 0.4) is 0 Å². The van der Waals surface area contributed by atoms with Crippen molar-refractivity contribution >= 4 is 0 Å². The van der Waals surface area contributed by atoms with Gasteiger partial charge in [-0.25, -0.2) is 0 Å². The number of hydrogen-bond donors (Lipinski definition) is 0. The van der Waals surface area contributed by atoms with E-state index in [0.29, 0.717) is 0 Å². The molecule has 5 nitrogen and oxygen atoms in total. The van der Waals surface area contributed by atoms with E-state index in [1.165, 1.54) is 0 Å². The predicted molar refractivity (Wildman–Crippen MR) is 3.43 cm³/mol. The molecule has 0 aliphatic rings. The van der Waals surface area contributed by atoms with Crippen LogP contribution in [-0.2, 0) is 99.7 Å². The molecular weight excluding hydrogens is 305 g/mol. The van der Waals surface area contributed by atoms with Crippen molar-refractivity contribution in [2.75, 3.05) is 0 Å². The molecule has 2 radical (unpaired) electrons. The largest absolute Gasteiger partial charge is 4.00 e. The van der Waals surface area contributed by atoms with Gasteiger partial charge in [0.2, 0.25) is 0 Å². The molecule has 0 aromatic heterocycles. The third kappa shape index (κ3) is 155. The van der Waals surface area contributed by atoms with E-state index in [-0.39, 0.29) is 99.7 Å². The average Bonchev–Trinajstić information content (AvgIpc) is 0. The van der Waals surface area contributed by atoms with Crippen molar-refractivity contribution in [1.29, 1.82) is 0 Å². The van der Waals surface area contributed by atoms with Crippen LogP contribution in [-0.4, -0.2) is 0 Å². The zero-order valence-electron chi connectivity index (χ0n) is 3.54. The van der Waals surface area contributed by atoms with Crippen molar-refractivity contribution in [2.24, 2.45) is 0 Å². The molecule has 0 unspecified atom stereocenters. The monoisotopic (exact) mass is 304 g/mol. The van der Waals surface area contributed by atoms with Crippen LogP contribution in [0, 0.1) is 0 Å². The first-order chi connectivity index (χ1) is 0.